The van der Waals surface area contributed by atoms with Crippen LogP contribution < -0.4 is 21.2 Å². The first-order valence-corrected chi connectivity index (χ1v) is 11.1. The van der Waals surface area contributed by atoms with Crippen molar-refractivity contribution in [3.8, 4) is 5.75 Å². The highest BCUT2D eigenvalue weighted by molar-refractivity contribution is 7.83. The predicted molar refractivity (Wildman–Crippen MR) is 132 cm³/mol. The number of rotatable bonds is 10. The maximum atomic E-state index is 12.4. The first-order chi connectivity index (χ1) is 15.6. The summed E-state index contributed by atoms with van der Waals surface area (Å²) in [4.78, 5) is 14.7. The van der Waals surface area contributed by atoms with E-state index in [4.69, 9.17) is 15.3 Å². The molecule has 0 bridgehead atoms. The summed E-state index contributed by atoms with van der Waals surface area (Å²) < 4.78 is 11.5. The van der Waals surface area contributed by atoms with Crippen LogP contribution in [0.15, 0.2) is 53.9 Å². The van der Waals surface area contributed by atoms with Crippen molar-refractivity contribution in [1.82, 2.24) is 9.91 Å². The highest BCUT2D eigenvalue weighted by Gasteiger charge is 2.15. The van der Waals surface area contributed by atoms with Gasteiger partial charge in [-0.2, -0.15) is 0 Å². The molecule has 3 rings (SSSR count). The summed E-state index contributed by atoms with van der Waals surface area (Å²) in [6, 6.07) is 15.1. The van der Waals surface area contributed by atoms with Gasteiger partial charge in [-0.3, -0.25) is 9.69 Å². The molecule has 32 heavy (non-hydrogen) atoms. The molecule has 1 amide bonds. The zero-order valence-electron chi connectivity index (χ0n) is 18.3. The molecule has 0 radical (unpaired) electrons. The van der Waals surface area contributed by atoms with E-state index in [0.29, 0.717) is 23.7 Å². The SMILES string of the molecule is CN(N)/C(=C\S)c1cc(NC(=O)CNc2ccccc2)ccc1OCCN1CCOCC1. The number of carbonyl (C=O) groups excluding carboxylic acids is 1. The van der Waals surface area contributed by atoms with Crippen molar-refractivity contribution >= 4 is 35.6 Å². The third-order valence-corrected chi connectivity index (χ3v) is 5.28. The predicted octanol–water partition coefficient (Wildman–Crippen LogP) is 2.48. The Bertz CT molecular complexity index is 902. The highest BCUT2D eigenvalue weighted by Crippen LogP contribution is 2.30. The van der Waals surface area contributed by atoms with Crippen molar-refractivity contribution in [2.75, 3.05) is 63.7 Å². The molecular formula is C23H31N5O3S. The minimum atomic E-state index is -0.154. The second-order valence-electron chi connectivity index (χ2n) is 7.41. The summed E-state index contributed by atoms with van der Waals surface area (Å²) >= 11 is 4.31. The van der Waals surface area contributed by atoms with E-state index in [0.717, 1.165) is 44.1 Å². The van der Waals surface area contributed by atoms with Gasteiger partial charge in [0.2, 0.25) is 5.91 Å². The number of morpholine rings is 1. The van der Waals surface area contributed by atoms with E-state index >= 15 is 0 Å². The Morgan fingerprint density at radius 3 is 2.66 bits per heavy atom. The van der Waals surface area contributed by atoms with Crippen molar-refractivity contribution in [3.05, 3.63) is 59.5 Å². The lowest BCUT2D eigenvalue weighted by Crippen LogP contribution is -2.38. The maximum Gasteiger partial charge on any atom is 0.243 e. The second-order valence-corrected chi connectivity index (χ2v) is 7.66. The van der Waals surface area contributed by atoms with Crippen molar-refractivity contribution in [2.24, 2.45) is 5.84 Å². The largest absolute Gasteiger partial charge is 0.492 e. The summed E-state index contributed by atoms with van der Waals surface area (Å²) in [5.74, 6) is 6.52. The van der Waals surface area contributed by atoms with Crippen molar-refractivity contribution in [2.45, 2.75) is 0 Å². The molecule has 1 aliphatic rings. The number of hydrazine groups is 1. The molecular weight excluding hydrogens is 426 g/mol. The molecule has 172 valence electrons. The van der Waals surface area contributed by atoms with Crippen LogP contribution in [0, 0.1) is 0 Å². The van der Waals surface area contributed by atoms with Gasteiger partial charge in [0, 0.05) is 43.6 Å². The fourth-order valence-corrected chi connectivity index (χ4v) is 3.66. The number of amides is 1. The molecule has 1 heterocycles. The van der Waals surface area contributed by atoms with Crippen molar-refractivity contribution in [1.29, 1.82) is 0 Å². The maximum absolute atomic E-state index is 12.4. The molecule has 0 atom stereocenters. The molecule has 2 aromatic rings. The van der Waals surface area contributed by atoms with E-state index in [-0.39, 0.29) is 12.5 Å². The molecule has 4 N–H and O–H groups in total. The van der Waals surface area contributed by atoms with E-state index in [1.807, 2.05) is 48.5 Å². The Labute approximate surface area is 194 Å². The number of carbonyl (C=O) groups is 1. The third-order valence-electron chi connectivity index (χ3n) is 5.04. The molecule has 9 heteroatoms. The van der Waals surface area contributed by atoms with Crippen LogP contribution in [0.4, 0.5) is 11.4 Å². The van der Waals surface area contributed by atoms with Crippen molar-refractivity contribution < 1.29 is 14.3 Å². The number of hydrogen-bond acceptors (Lipinski definition) is 8. The number of ether oxygens (including phenoxy) is 2. The van der Waals surface area contributed by atoms with Crippen LogP contribution in [0.25, 0.3) is 5.70 Å². The number of nitrogens with zero attached hydrogens (tertiary/aromatic N) is 2. The molecule has 0 spiro atoms. The summed E-state index contributed by atoms with van der Waals surface area (Å²) in [6.45, 7) is 4.82. The Balaban J connectivity index is 1.65. The molecule has 2 aromatic carbocycles. The van der Waals surface area contributed by atoms with Crippen LogP contribution in [0.5, 0.6) is 5.75 Å². The first-order valence-electron chi connectivity index (χ1n) is 10.6. The van der Waals surface area contributed by atoms with Crippen LogP contribution in [0.3, 0.4) is 0 Å². The molecule has 0 aromatic heterocycles. The molecule has 1 saturated heterocycles. The highest BCUT2D eigenvalue weighted by atomic mass is 32.1. The number of hydrogen-bond donors (Lipinski definition) is 4. The minimum Gasteiger partial charge on any atom is -0.492 e. The zero-order chi connectivity index (χ0) is 22.8. The lowest BCUT2D eigenvalue weighted by Gasteiger charge is -2.27. The number of nitrogens with one attached hydrogen (secondary N) is 2. The van der Waals surface area contributed by atoms with Crippen molar-refractivity contribution in [3.63, 3.8) is 0 Å². The number of anilines is 2. The summed E-state index contributed by atoms with van der Waals surface area (Å²) in [5.41, 5.74) is 2.96. The van der Waals surface area contributed by atoms with Gasteiger partial charge < -0.3 is 25.1 Å². The monoisotopic (exact) mass is 457 g/mol. The molecule has 1 fully saturated rings. The molecule has 8 nitrogen and oxygen atoms in total. The van der Waals surface area contributed by atoms with E-state index in [1.54, 1.807) is 12.5 Å². The standard InChI is InChI=1S/C23H31N5O3S/c1-27(24)21(17-32)20-15-19(26-23(29)16-25-18-5-3-2-4-6-18)7-8-22(20)31-14-11-28-9-12-30-13-10-28/h2-8,15,17,25,32H,9-14,16,24H2,1H3,(H,26,29)/b21-17-. The Hall–Kier alpha value is -2.72. The van der Waals surface area contributed by atoms with Gasteiger partial charge in [0.05, 0.1) is 25.5 Å². The minimum absolute atomic E-state index is 0.154. The topological polar surface area (TPSA) is 92.1 Å². The number of nitrogens with two attached hydrogens (primary N) is 1. The van der Waals surface area contributed by atoms with Gasteiger partial charge in [-0.15, -0.1) is 12.6 Å². The average molecular weight is 458 g/mol. The van der Waals surface area contributed by atoms with Gasteiger partial charge in [-0.25, -0.2) is 5.84 Å². The average Bonchev–Trinajstić information content (AvgIpc) is 2.81. The quantitative estimate of drug-likeness (QED) is 0.247. The lowest BCUT2D eigenvalue weighted by molar-refractivity contribution is -0.114. The normalized spacial score (nSPS) is 14.7. The van der Waals surface area contributed by atoms with E-state index < -0.39 is 0 Å². The summed E-state index contributed by atoms with van der Waals surface area (Å²) in [5, 5.41) is 9.10. The van der Waals surface area contributed by atoms with Crippen LogP contribution in [0.1, 0.15) is 5.56 Å². The molecule has 0 unspecified atom stereocenters. The van der Waals surface area contributed by atoms with E-state index in [2.05, 4.69) is 28.2 Å². The smallest absolute Gasteiger partial charge is 0.243 e. The number of benzene rings is 2. The van der Waals surface area contributed by atoms with E-state index in [9.17, 15) is 4.79 Å². The Kier molecular flexibility index (Phi) is 9.24. The number of thiol groups is 1. The molecule has 0 saturated carbocycles. The first kappa shape index (κ1) is 23.9. The molecule has 1 aliphatic heterocycles. The fourth-order valence-electron chi connectivity index (χ4n) is 3.34. The van der Waals surface area contributed by atoms with Gasteiger partial charge >= 0.3 is 0 Å². The lowest BCUT2D eigenvalue weighted by atomic mass is 10.1. The van der Waals surface area contributed by atoms with Gasteiger partial charge in [-0.1, -0.05) is 18.2 Å². The van der Waals surface area contributed by atoms with Crippen LogP contribution in [0.2, 0.25) is 0 Å². The fraction of sp³-hybridized carbons (Fsp3) is 0.348. The van der Waals surface area contributed by atoms with Crippen LogP contribution in [-0.4, -0.2) is 68.9 Å². The van der Waals surface area contributed by atoms with Crippen LogP contribution in [-0.2, 0) is 9.53 Å². The van der Waals surface area contributed by atoms with Crippen LogP contribution >= 0.6 is 12.6 Å². The van der Waals surface area contributed by atoms with Gasteiger partial charge in [0.15, 0.2) is 0 Å². The Morgan fingerprint density at radius 1 is 1.22 bits per heavy atom. The molecule has 0 aliphatic carbocycles. The zero-order valence-corrected chi connectivity index (χ0v) is 19.2. The third kappa shape index (κ3) is 7.16. The summed E-state index contributed by atoms with van der Waals surface area (Å²) in [6.07, 6.45) is 0. The van der Waals surface area contributed by atoms with Gasteiger partial charge in [0.25, 0.3) is 0 Å². The summed E-state index contributed by atoms with van der Waals surface area (Å²) in [7, 11) is 1.73. The van der Waals surface area contributed by atoms with Gasteiger partial charge in [-0.05, 0) is 35.7 Å². The number of para-hydroxylation sites is 1. The second kappa shape index (κ2) is 12.4. The van der Waals surface area contributed by atoms with Gasteiger partial charge in [0.1, 0.15) is 12.4 Å². The van der Waals surface area contributed by atoms with E-state index in [1.165, 1.54) is 5.01 Å². The Morgan fingerprint density at radius 2 is 1.97 bits per heavy atom.